The summed E-state index contributed by atoms with van der Waals surface area (Å²) in [6, 6.07) is 0. The van der Waals surface area contributed by atoms with Crippen LogP contribution in [0.15, 0.2) is 0 Å². The Kier molecular flexibility index (Phi) is 5.67. The molecule has 0 heterocycles. The summed E-state index contributed by atoms with van der Waals surface area (Å²) < 4.78 is 24.6. The molecule has 0 bridgehead atoms. The summed E-state index contributed by atoms with van der Waals surface area (Å²) in [6.07, 6.45) is 5.60. The van der Waals surface area contributed by atoms with E-state index in [-0.39, 0.29) is 4.78 Å². The Bertz CT molecular complexity index is 296. The van der Waals surface area contributed by atoms with Crippen molar-refractivity contribution in [2.24, 2.45) is 0 Å². The van der Waals surface area contributed by atoms with Crippen LogP contribution >= 0.6 is 7.60 Å². The van der Waals surface area contributed by atoms with Crippen molar-refractivity contribution >= 4 is 15.7 Å². The van der Waals surface area contributed by atoms with E-state index in [4.69, 9.17) is 9.05 Å². The maximum atomic E-state index is 13.3. The van der Waals surface area contributed by atoms with Crippen LogP contribution in [0.2, 0.25) is 19.6 Å². The molecule has 1 saturated carbocycles. The molecule has 1 fully saturated rings. The Morgan fingerprint density at radius 1 is 1.00 bits per heavy atom. The molecule has 0 aromatic heterocycles. The first-order chi connectivity index (χ1) is 8.33. The van der Waals surface area contributed by atoms with Crippen LogP contribution < -0.4 is 0 Å². The maximum absolute atomic E-state index is 13.3. The van der Waals surface area contributed by atoms with Crippen LogP contribution in [0.1, 0.15) is 46.0 Å². The van der Waals surface area contributed by atoms with Crippen molar-refractivity contribution in [3.63, 3.8) is 0 Å². The molecule has 0 N–H and O–H groups in total. The van der Waals surface area contributed by atoms with Gasteiger partial charge in [-0.3, -0.25) is 4.57 Å². The largest absolute Gasteiger partial charge is 0.333 e. The lowest BCUT2D eigenvalue weighted by molar-refractivity contribution is 0.197. The highest BCUT2D eigenvalue weighted by molar-refractivity contribution is 7.59. The predicted octanol–water partition coefficient (Wildman–Crippen LogP) is 4.83. The SMILES string of the molecule is CCOP(=O)(OCC)C1([Si](C)(C)C)CCCCC1. The summed E-state index contributed by atoms with van der Waals surface area (Å²) in [5.74, 6) is 0. The molecule has 18 heavy (non-hydrogen) atoms. The molecular formula is C13H29O3PSi. The smallest absolute Gasteiger partial charge is 0.309 e. The third kappa shape index (κ3) is 2.92. The Hall–Kier alpha value is 0.367. The Labute approximate surface area is 113 Å². The minimum Gasteiger partial charge on any atom is -0.309 e. The molecule has 3 nitrogen and oxygen atoms in total. The van der Waals surface area contributed by atoms with Gasteiger partial charge in [-0.1, -0.05) is 38.9 Å². The fourth-order valence-corrected chi connectivity index (χ4v) is 10.8. The first-order valence-corrected chi connectivity index (χ1v) is 12.3. The van der Waals surface area contributed by atoms with Gasteiger partial charge in [-0.2, -0.15) is 0 Å². The Balaban J connectivity index is 3.18. The normalized spacial score (nSPS) is 20.9. The molecule has 0 aromatic carbocycles. The van der Waals surface area contributed by atoms with Crippen molar-refractivity contribution in [1.29, 1.82) is 0 Å². The van der Waals surface area contributed by atoms with Crippen LogP contribution in [0.3, 0.4) is 0 Å². The molecule has 1 aliphatic rings. The van der Waals surface area contributed by atoms with Gasteiger partial charge >= 0.3 is 7.60 Å². The summed E-state index contributed by atoms with van der Waals surface area (Å²) in [7, 11) is -4.62. The zero-order valence-corrected chi connectivity index (χ0v) is 14.5. The van der Waals surface area contributed by atoms with Gasteiger partial charge < -0.3 is 9.05 Å². The lowest BCUT2D eigenvalue weighted by atomic mass is 9.99. The molecule has 0 aromatic rings. The van der Waals surface area contributed by atoms with Crippen LogP contribution in [0.5, 0.6) is 0 Å². The van der Waals surface area contributed by atoms with E-state index in [1.807, 2.05) is 13.8 Å². The first-order valence-electron chi connectivity index (χ1n) is 7.22. The molecule has 0 amide bonds. The van der Waals surface area contributed by atoms with Crippen molar-refractivity contribution in [2.45, 2.75) is 70.4 Å². The monoisotopic (exact) mass is 292 g/mol. The summed E-state index contributed by atoms with van der Waals surface area (Å²) in [5, 5.41) is 0. The molecule has 0 unspecified atom stereocenters. The second-order valence-corrected chi connectivity index (χ2v) is 14.4. The molecule has 0 spiro atoms. The summed E-state index contributed by atoms with van der Waals surface area (Å²) in [4.78, 5) is 0. The van der Waals surface area contributed by atoms with Gasteiger partial charge in [-0.05, 0) is 26.7 Å². The topological polar surface area (TPSA) is 35.5 Å². The Morgan fingerprint density at radius 3 is 1.78 bits per heavy atom. The van der Waals surface area contributed by atoms with Gasteiger partial charge in [-0.25, -0.2) is 0 Å². The summed E-state index contributed by atoms with van der Waals surface area (Å²) in [6.45, 7) is 11.7. The maximum Gasteiger partial charge on any atom is 0.333 e. The number of hydrogen-bond donors (Lipinski definition) is 0. The second kappa shape index (κ2) is 6.21. The summed E-state index contributed by atoms with van der Waals surface area (Å²) in [5.41, 5.74) is 0. The molecule has 0 saturated heterocycles. The highest BCUT2D eigenvalue weighted by Gasteiger charge is 2.58. The predicted molar refractivity (Wildman–Crippen MR) is 80.0 cm³/mol. The van der Waals surface area contributed by atoms with Gasteiger partial charge in [0.2, 0.25) is 0 Å². The van der Waals surface area contributed by atoms with Gasteiger partial charge in [0.15, 0.2) is 0 Å². The lowest BCUT2D eigenvalue weighted by Gasteiger charge is -2.49. The van der Waals surface area contributed by atoms with Crippen LogP contribution in [-0.4, -0.2) is 26.1 Å². The number of hydrogen-bond acceptors (Lipinski definition) is 3. The zero-order chi connectivity index (χ0) is 13.9. The van der Waals surface area contributed by atoms with Crippen LogP contribution in [0, 0.1) is 0 Å². The van der Waals surface area contributed by atoms with E-state index in [0.717, 1.165) is 25.7 Å². The average Bonchev–Trinajstić information content (AvgIpc) is 2.29. The fraction of sp³-hybridized carbons (Fsp3) is 1.00. The van der Waals surface area contributed by atoms with Gasteiger partial charge in [0, 0.05) is 0 Å². The summed E-state index contributed by atoms with van der Waals surface area (Å²) >= 11 is 0. The van der Waals surface area contributed by atoms with Crippen molar-refractivity contribution in [3.05, 3.63) is 0 Å². The minimum atomic E-state index is -2.99. The van der Waals surface area contributed by atoms with E-state index in [0.29, 0.717) is 13.2 Å². The van der Waals surface area contributed by atoms with Gasteiger partial charge in [-0.15, -0.1) is 0 Å². The van der Waals surface area contributed by atoms with E-state index < -0.39 is 15.7 Å². The third-order valence-corrected chi connectivity index (χ3v) is 13.0. The van der Waals surface area contributed by atoms with Crippen molar-refractivity contribution in [3.8, 4) is 0 Å². The molecule has 108 valence electrons. The zero-order valence-electron chi connectivity index (χ0n) is 12.6. The van der Waals surface area contributed by atoms with Crippen LogP contribution in [0.4, 0.5) is 0 Å². The fourth-order valence-electron chi connectivity index (χ4n) is 3.20. The van der Waals surface area contributed by atoms with Crippen LogP contribution in [0.25, 0.3) is 0 Å². The molecule has 0 atom stereocenters. The van der Waals surface area contributed by atoms with Gasteiger partial charge in [0.25, 0.3) is 0 Å². The average molecular weight is 292 g/mol. The van der Waals surface area contributed by atoms with Crippen molar-refractivity contribution in [1.82, 2.24) is 0 Å². The van der Waals surface area contributed by atoms with E-state index in [9.17, 15) is 4.57 Å². The standard InChI is InChI=1S/C13H29O3PSi/c1-6-15-17(14,16-7-2)13(18(3,4)5)11-9-8-10-12-13/h6-12H2,1-5H3. The van der Waals surface area contributed by atoms with Crippen molar-refractivity contribution < 1.29 is 13.6 Å². The van der Waals surface area contributed by atoms with E-state index in [2.05, 4.69) is 19.6 Å². The van der Waals surface area contributed by atoms with E-state index in [1.54, 1.807) is 0 Å². The highest BCUT2D eigenvalue weighted by Crippen LogP contribution is 2.68. The number of rotatable bonds is 6. The molecule has 0 aliphatic heterocycles. The lowest BCUT2D eigenvalue weighted by Crippen LogP contribution is -2.53. The van der Waals surface area contributed by atoms with E-state index in [1.165, 1.54) is 6.42 Å². The molecule has 0 radical (unpaired) electrons. The van der Waals surface area contributed by atoms with Gasteiger partial charge in [0.05, 0.1) is 26.1 Å². The second-order valence-electron chi connectivity index (χ2n) is 6.18. The van der Waals surface area contributed by atoms with Crippen molar-refractivity contribution in [2.75, 3.05) is 13.2 Å². The van der Waals surface area contributed by atoms with E-state index >= 15 is 0 Å². The molecule has 1 aliphatic carbocycles. The molecule has 1 rings (SSSR count). The van der Waals surface area contributed by atoms with Gasteiger partial charge in [0.1, 0.15) is 0 Å². The first kappa shape index (κ1) is 16.4. The third-order valence-electron chi connectivity index (χ3n) is 4.20. The Morgan fingerprint density at radius 2 is 1.44 bits per heavy atom. The minimum absolute atomic E-state index is 0.176. The highest BCUT2D eigenvalue weighted by atomic mass is 31.2. The molecular weight excluding hydrogens is 263 g/mol. The molecule has 5 heteroatoms. The quantitative estimate of drug-likeness (QED) is 0.519. The van der Waals surface area contributed by atoms with Crippen LogP contribution in [-0.2, 0) is 13.6 Å².